The Bertz CT molecular complexity index is 351. The summed E-state index contributed by atoms with van der Waals surface area (Å²) in [4.78, 5) is 0. The molecule has 0 rings (SSSR count). The van der Waals surface area contributed by atoms with Crippen LogP contribution in [0.3, 0.4) is 0 Å². The molecule has 0 unspecified atom stereocenters. The van der Waals surface area contributed by atoms with Crippen molar-refractivity contribution < 1.29 is 17.1 Å². The molecule has 0 amide bonds. The van der Waals surface area contributed by atoms with Gasteiger partial charge >= 0.3 is 17.1 Å². The van der Waals surface area contributed by atoms with Crippen molar-refractivity contribution in [1.29, 1.82) is 0 Å². The van der Waals surface area contributed by atoms with E-state index in [4.69, 9.17) is 0 Å². The molecule has 0 spiro atoms. The molecule has 20 heavy (non-hydrogen) atoms. The van der Waals surface area contributed by atoms with Crippen LogP contribution in [-0.2, 0) is 17.1 Å². The molecule has 0 aromatic heterocycles. The molecule has 0 saturated heterocycles. The molecule has 110 valence electrons. The smallest absolute Gasteiger partial charge is 0.244 e. The van der Waals surface area contributed by atoms with Gasteiger partial charge in [0.25, 0.3) is 0 Å². The minimum Gasteiger partial charge on any atom is -0.244 e. The topological polar surface area (TPSA) is 0 Å². The van der Waals surface area contributed by atoms with Crippen LogP contribution < -0.4 is 0 Å². The van der Waals surface area contributed by atoms with Gasteiger partial charge in [0.1, 0.15) is 16.1 Å². The maximum absolute atomic E-state index is 3.54. The molecule has 4 heteroatoms. The summed E-state index contributed by atoms with van der Waals surface area (Å²) in [5, 5.41) is 0. The van der Waals surface area contributed by atoms with Gasteiger partial charge in [-0.15, -0.1) is 11.1 Å². The molecule has 2 radical (unpaired) electrons. The molecule has 0 nitrogen and oxygen atoms in total. The molecular weight excluding hydrogens is 319 g/mol. The number of hydrogen-bond donors (Lipinski definition) is 0. The standard InChI is InChI=1S/2C8H13Si.Cu.Li/c2*1-5-6-7-8-9(2,3)4;;/h2*5-6H,1H2,2-4H3;;/q2*-1;+2;/b2*6-5+;;. The number of hydrogen-bond acceptors (Lipinski definition) is 0. The van der Waals surface area contributed by atoms with E-state index in [-0.39, 0.29) is 35.9 Å². The van der Waals surface area contributed by atoms with E-state index < -0.39 is 16.1 Å². The van der Waals surface area contributed by atoms with Crippen LogP contribution in [0.4, 0.5) is 0 Å². The maximum Gasteiger partial charge on any atom is 2.00 e. The first-order valence-corrected chi connectivity index (χ1v) is 13.1. The maximum atomic E-state index is 3.54. The molecule has 0 aromatic rings. The van der Waals surface area contributed by atoms with Gasteiger partial charge in [-0.3, -0.25) is 0 Å². The van der Waals surface area contributed by atoms with E-state index in [1.807, 2.05) is 0 Å². The molecule has 0 aliphatic heterocycles. The zero-order valence-corrected chi connectivity index (χ0v) is 17.0. The molecule has 0 heterocycles. The van der Waals surface area contributed by atoms with Gasteiger partial charge in [0.2, 0.25) is 0 Å². The van der Waals surface area contributed by atoms with Gasteiger partial charge in [0.05, 0.1) is 0 Å². The van der Waals surface area contributed by atoms with Crippen LogP contribution >= 0.6 is 0 Å². The zero-order valence-electron chi connectivity index (χ0n) is 14.0. The van der Waals surface area contributed by atoms with Crippen LogP contribution in [-0.4, -0.2) is 35.0 Å². The fourth-order valence-electron chi connectivity index (χ4n) is 0.634. The van der Waals surface area contributed by atoms with Gasteiger partial charge in [-0.1, -0.05) is 39.3 Å². The van der Waals surface area contributed by atoms with Gasteiger partial charge in [-0.2, -0.15) is 24.0 Å². The fraction of sp³-hybridized carbons (Fsp3) is 0.375. The van der Waals surface area contributed by atoms with E-state index in [2.05, 4.69) is 76.1 Å². The van der Waals surface area contributed by atoms with E-state index >= 15 is 0 Å². The zero-order chi connectivity index (χ0) is 14.7. The Hall–Kier alpha value is -0.109. The van der Waals surface area contributed by atoms with Crippen LogP contribution in [0, 0.1) is 36.8 Å². The molecular formula is C16H26CuLiSi2. The number of rotatable bonds is 0. The molecule has 0 aliphatic carbocycles. The Morgan fingerprint density at radius 2 is 0.950 bits per heavy atom. The summed E-state index contributed by atoms with van der Waals surface area (Å²) in [5.74, 6) is 5.89. The summed E-state index contributed by atoms with van der Waals surface area (Å²) in [6.07, 6.45) is 7.01. The van der Waals surface area contributed by atoms with Crippen molar-refractivity contribution in [1.82, 2.24) is 0 Å². The largest absolute Gasteiger partial charge is 2.00 e. The average molecular weight is 345 g/mol. The Morgan fingerprint density at radius 1 is 0.700 bits per heavy atom. The molecule has 0 N–H and O–H groups in total. The quantitative estimate of drug-likeness (QED) is 0.352. The van der Waals surface area contributed by atoms with E-state index in [0.717, 1.165) is 0 Å². The third kappa shape index (κ3) is 36.1. The predicted molar refractivity (Wildman–Crippen MR) is 97.0 cm³/mol. The van der Waals surface area contributed by atoms with Crippen molar-refractivity contribution in [2.24, 2.45) is 0 Å². The van der Waals surface area contributed by atoms with Crippen LogP contribution in [0.1, 0.15) is 0 Å². The van der Waals surface area contributed by atoms with Gasteiger partial charge in [0, 0.05) is 18.9 Å². The summed E-state index contributed by atoms with van der Waals surface area (Å²) in [7, 11) is -2.27. The monoisotopic (exact) mass is 344 g/mol. The fourth-order valence-corrected chi connectivity index (χ4v) is 1.67. The van der Waals surface area contributed by atoms with E-state index in [9.17, 15) is 0 Å². The third-order valence-corrected chi connectivity index (χ3v) is 3.09. The first kappa shape index (κ1) is 28.1. The second-order valence-electron chi connectivity index (χ2n) is 5.84. The number of allylic oxidation sites excluding steroid dienone is 4. The van der Waals surface area contributed by atoms with Crippen molar-refractivity contribution in [2.45, 2.75) is 39.3 Å². The van der Waals surface area contributed by atoms with Gasteiger partial charge in [-0.05, 0) is 0 Å². The predicted octanol–water partition coefficient (Wildman–Crippen LogP) is 4.13. The summed E-state index contributed by atoms with van der Waals surface area (Å²) >= 11 is 0. The Balaban J connectivity index is -0.000000116. The van der Waals surface area contributed by atoms with Gasteiger partial charge in [-0.25, -0.2) is 26.0 Å². The van der Waals surface area contributed by atoms with Crippen LogP contribution in [0.15, 0.2) is 24.3 Å². The summed E-state index contributed by atoms with van der Waals surface area (Å²) in [5.41, 5.74) is 6.37. The second kappa shape index (κ2) is 15.3. The first-order valence-electron chi connectivity index (χ1n) is 6.06. The molecule has 0 atom stereocenters. The van der Waals surface area contributed by atoms with Crippen LogP contribution in [0.2, 0.25) is 39.3 Å². The average Bonchev–Trinajstić information content (AvgIpc) is 2.16. The van der Waals surface area contributed by atoms with Crippen molar-refractivity contribution in [3.63, 3.8) is 0 Å². The molecule has 0 aromatic carbocycles. The van der Waals surface area contributed by atoms with Crippen LogP contribution in [0.25, 0.3) is 0 Å². The SMILES string of the molecule is [CH2-]/C=C/C#C[Si](C)(C)C.[CH2-]/C=C/C#C[Si](C)(C)C.[Cu+2].[Li]. The summed E-state index contributed by atoms with van der Waals surface area (Å²) in [6.45, 7) is 20.4. The Morgan fingerprint density at radius 3 is 1.10 bits per heavy atom. The summed E-state index contributed by atoms with van der Waals surface area (Å²) in [6, 6.07) is 0. The molecule has 0 fully saturated rings. The van der Waals surface area contributed by atoms with Crippen molar-refractivity contribution in [3.8, 4) is 22.9 Å². The van der Waals surface area contributed by atoms with Crippen LogP contribution in [0.5, 0.6) is 0 Å². The van der Waals surface area contributed by atoms with Crippen molar-refractivity contribution in [2.75, 3.05) is 0 Å². The van der Waals surface area contributed by atoms with Gasteiger partial charge < -0.3 is 0 Å². The minimum atomic E-state index is -1.13. The van der Waals surface area contributed by atoms with E-state index in [1.54, 1.807) is 24.3 Å². The minimum absolute atomic E-state index is 0. The van der Waals surface area contributed by atoms with Gasteiger partial charge in [0.15, 0.2) is 0 Å². The van der Waals surface area contributed by atoms with E-state index in [0.29, 0.717) is 0 Å². The second-order valence-corrected chi connectivity index (χ2v) is 15.3. The third-order valence-electron chi connectivity index (χ3n) is 1.30. The molecule has 0 saturated carbocycles. The van der Waals surface area contributed by atoms with Crippen molar-refractivity contribution in [3.05, 3.63) is 38.2 Å². The van der Waals surface area contributed by atoms with E-state index in [1.165, 1.54) is 0 Å². The Kier molecular flexibility index (Phi) is 21.5. The molecule has 0 bridgehead atoms. The normalized spacial score (nSPS) is 9.90. The Labute approximate surface area is 151 Å². The first-order chi connectivity index (χ1) is 8.12. The molecule has 0 aliphatic rings. The van der Waals surface area contributed by atoms with Crippen molar-refractivity contribution >= 4 is 35.0 Å². The summed E-state index contributed by atoms with van der Waals surface area (Å²) < 4.78 is 0.